The van der Waals surface area contributed by atoms with Gasteiger partial charge in [-0.15, -0.1) is 6.58 Å². The van der Waals surface area contributed by atoms with E-state index in [-0.39, 0.29) is 11.9 Å². The fourth-order valence-electron chi connectivity index (χ4n) is 1.42. The molecule has 16 heavy (non-hydrogen) atoms. The second-order valence-electron chi connectivity index (χ2n) is 3.75. The van der Waals surface area contributed by atoms with E-state index in [0.29, 0.717) is 17.9 Å². The van der Waals surface area contributed by atoms with Crippen LogP contribution < -0.4 is 10.5 Å². The number of unbranched alkanes of at least 4 members (excludes halogenated alkanes) is 1. The van der Waals surface area contributed by atoms with Gasteiger partial charge >= 0.3 is 0 Å². The average Bonchev–Trinajstić information content (AvgIpc) is 2.26. The highest BCUT2D eigenvalue weighted by molar-refractivity contribution is 5.36. The Balaban J connectivity index is 2.67. The average molecular weight is 223 g/mol. The molecule has 0 unspecified atom stereocenters. The summed E-state index contributed by atoms with van der Waals surface area (Å²) < 4.78 is 18.6. The van der Waals surface area contributed by atoms with Crippen molar-refractivity contribution in [1.82, 2.24) is 0 Å². The lowest BCUT2D eigenvalue weighted by molar-refractivity contribution is 0.307. The highest BCUT2D eigenvalue weighted by Gasteiger charge is 2.09. The standard InChI is InChI=1S/C13H18FNO/c1-3-4-5-8-16-13-7-6-11(14)9-12(13)10(2)15/h3,6-7,9-10H,1,4-5,8,15H2,2H3/t10-/m0/s1. The molecule has 1 aromatic carbocycles. The van der Waals surface area contributed by atoms with E-state index < -0.39 is 0 Å². The van der Waals surface area contributed by atoms with Crippen LogP contribution in [0, 0.1) is 5.82 Å². The second-order valence-corrected chi connectivity index (χ2v) is 3.75. The first-order valence-electron chi connectivity index (χ1n) is 5.44. The molecule has 0 fully saturated rings. The first-order chi connectivity index (χ1) is 7.65. The Kier molecular flexibility index (Phi) is 4.99. The Labute approximate surface area is 95.9 Å². The van der Waals surface area contributed by atoms with E-state index in [1.165, 1.54) is 12.1 Å². The number of ether oxygens (including phenoxy) is 1. The maximum Gasteiger partial charge on any atom is 0.124 e. The molecule has 0 radical (unpaired) electrons. The minimum absolute atomic E-state index is 0.231. The number of rotatable bonds is 6. The molecule has 0 saturated heterocycles. The number of allylic oxidation sites excluding steroid dienone is 1. The molecule has 0 heterocycles. The summed E-state index contributed by atoms with van der Waals surface area (Å²) in [6.45, 7) is 6.04. The van der Waals surface area contributed by atoms with Crippen LogP contribution in [0.25, 0.3) is 0 Å². The van der Waals surface area contributed by atoms with Gasteiger partial charge < -0.3 is 10.5 Å². The van der Waals surface area contributed by atoms with E-state index in [4.69, 9.17) is 10.5 Å². The predicted octanol–water partition coefficient (Wildman–Crippen LogP) is 3.19. The highest BCUT2D eigenvalue weighted by Crippen LogP contribution is 2.24. The zero-order valence-corrected chi connectivity index (χ0v) is 9.58. The molecule has 88 valence electrons. The fourth-order valence-corrected chi connectivity index (χ4v) is 1.42. The molecule has 0 aromatic heterocycles. The van der Waals surface area contributed by atoms with Crippen molar-refractivity contribution in [3.05, 3.63) is 42.2 Å². The molecule has 1 aromatic rings. The fraction of sp³-hybridized carbons (Fsp3) is 0.385. The third kappa shape index (κ3) is 3.66. The summed E-state index contributed by atoms with van der Waals surface area (Å²) in [5.74, 6) is 0.381. The highest BCUT2D eigenvalue weighted by atomic mass is 19.1. The van der Waals surface area contributed by atoms with E-state index in [1.54, 1.807) is 6.07 Å². The molecule has 0 bridgehead atoms. The van der Waals surface area contributed by atoms with Crippen LogP contribution in [0.3, 0.4) is 0 Å². The minimum Gasteiger partial charge on any atom is -0.493 e. The van der Waals surface area contributed by atoms with Crippen molar-refractivity contribution in [2.24, 2.45) is 5.73 Å². The van der Waals surface area contributed by atoms with Gasteiger partial charge in [-0.2, -0.15) is 0 Å². The first-order valence-corrected chi connectivity index (χ1v) is 5.44. The van der Waals surface area contributed by atoms with Crippen molar-refractivity contribution in [2.45, 2.75) is 25.8 Å². The molecule has 3 heteroatoms. The summed E-state index contributed by atoms with van der Waals surface area (Å²) in [6.07, 6.45) is 3.66. The van der Waals surface area contributed by atoms with Gasteiger partial charge in [0.05, 0.1) is 6.61 Å². The predicted molar refractivity (Wildman–Crippen MR) is 63.9 cm³/mol. The molecule has 2 N–H and O–H groups in total. The molecular formula is C13H18FNO. The van der Waals surface area contributed by atoms with Crippen LogP contribution in [0.15, 0.2) is 30.9 Å². The summed E-state index contributed by atoms with van der Waals surface area (Å²) in [5.41, 5.74) is 6.46. The van der Waals surface area contributed by atoms with Gasteiger partial charge in [0, 0.05) is 11.6 Å². The van der Waals surface area contributed by atoms with E-state index in [2.05, 4.69) is 6.58 Å². The monoisotopic (exact) mass is 223 g/mol. The van der Waals surface area contributed by atoms with E-state index in [0.717, 1.165) is 12.8 Å². The first kappa shape index (κ1) is 12.7. The lowest BCUT2D eigenvalue weighted by atomic mass is 10.1. The van der Waals surface area contributed by atoms with Crippen LogP contribution in [0.4, 0.5) is 4.39 Å². The molecular weight excluding hydrogens is 205 g/mol. The third-order valence-corrected chi connectivity index (χ3v) is 2.27. The van der Waals surface area contributed by atoms with Gasteiger partial charge in [0.1, 0.15) is 11.6 Å². The van der Waals surface area contributed by atoms with Gasteiger partial charge in [0.15, 0.2) is 0 Å². The summed E-state index contributed by atoms with van der Waals surface area (Å²) in [5, 5.41) is 0. The topological polar surface area (TPSA) is 35.2 Å². The SMILES string of the molecule is C=CCCCOc1ccc(F)cc1[C@H](C)N. The molecule has 1 atom stereocenters. The van der Waals surface area contributed by atoms with Gasteiger partial charge in [0.25, 0.3) is 0 Å². The van der Waals surface area contributed by atoms with Crippen LogP contribution in [0.5, 0.6) is 5.75 Å². The smallest absolute Gasteiger partial charge is 0.124 e. The molecule has 0 amide bonds. The zero-order valence-electron chi connectivity index (χ0n) is 9.58. The Hall–Kier alpha value is -1.35. The molecule has 0 aliphatic carbocycles. The van der Waals surface area contributed by atoms with Gasteiger partial charge in [-0.05, 0) is 38.0 Å². The normalized spacial score (nSPS) is 12.2. The second kappa shape index (κ2) is 6.28. The lowest BCUT2D eigenvalue weighted by Gasteiger charge is -2.13. The van der Waals surface area contributed by atoms with Crippen molar-refractivity contribution in [1.29, 1.82) is 0 Å². The molecule has 0 aliphatic rings. The molecule has 2 nitrogen and oxygen atoms in total. The van der Waals surface area contributed by atoms with Crippen LogP contribution in [-0.2, 0) is 0 Å². The number of hydrogen-bond acceptors (Lipinski definition) is 2. The van der Waals surface area contributed by atoms with Crippen molar-refractivity contribution in [3.8, 4) is 5.75 Å². The Morgan fingerprint density at radius 2 is 2.31 bits per heavy atom. The molecule has 1 rings (SSSR count). The summed E-state index contributed by atoms with van der Waals surface area (Å²) in [7, 11) is 0. The van der Waals surface area contributed by atoms with Crippen molar-refractivity contribution >= 4 is 0 Å². The largest absolute Gasteiger partial charge is 0.493 e. The maximum absolute atomic E-state index is 13.0. The summed E-state index contributed by atoms with van der Waals surface area (Å²) in [4.78, 5) is 0. The van der Waals surface area contributed by atoms with Crippen LogP contribution in [0.2, 0.25) is 0 Å². The number of benzene rings is 1. The minimum atomic E-state index is -0.286. The van der Waals surface area contributed by atoms with Crippen molar-refractivity contribution < 1.29 is 9.13 Å². The quantitative estimate of drug-likeness (QED) is 0.593. The number of nitrogens with two attached hydrogens (primary N) is 1. The van der Waals surface area contributed by atoms with Crippen LogP contribution in [-0.4, -0.2) is 6.61 Å². The Morgan fingerprint density at radius 1 is 1.56 bits per heavy atom. The van der Waals surface area contributed by atoms with Gasteiger partial charge in [-0.3, -0.25) is 0 Å². The van der Waals surface area contributed by atoms with E-state index in [9.17, 15) is 4.39 Å². The van der Waals surface area contributed by atoms with Crippen LogP contribution >= 0.6 is 0 Å². The van der Waals surface area contributed by atoms with Gasteiger partial charge in [-0.1, -0.05) is 6.08 Å². The Bertz CT molecular complexity index is 350. The zero-order chi connectivity index (χ0) is 12.0. The molecule has 0 spiro atoms. The van der Waals surface area contributed by atoms with Crippen molar-refractivity contribution in [2.75, 3.05) is 6.61 Å². The van der Waals surface area contributed by atoms with Crippen LogP contribution in [0.1, 0.15) is 31.4 Å². The Morgan fingerprint density at radius 3 is 2.94 bits per heavy atom. The number of halogens is 1. The molecule has 0 aliphatic heterocycles. The maximum atomic E-state index is 13.0. The van der Waals surface area contributed by atoms with Crippen molar-refractivity contribution in [3.63, 3.8) is 0 Å². The van der Waals surface area contributed by atoms with E-state index in [1.807, 2.05) is 13.0 Å². The molecule has 0 saturated carbocycles. The summed E-state index contributed by atoms with van der Waals surface area (Å²) in [6, 6.07) is 4.20. The van der Waals surface area contributed by atoms with Gasteiger partial charge in [-0.25, -0.2) is 4.39 Å². The third-order valence-electron chi connectivity index (χ3n) is 2.27. The lowest BCUT2D eigenvalue weighted by Crippen LogP contribution is -2.09. The van der Waals surface area contributed by atoms with E-state index >= 15 is 0 Å². The van der Waals surface area contributed by atoms with Gasteiger partial charge in [0.2, 0.25) is 0 Å². The number of hydrogen-bond donors (Lipinski definition) is 1. The summed E-state index contributed by atoms with van der Waals surface area (Å²) >= 11 is 0.